The van der Waals surface area contributed by atoms with Gasteiger partial charge in [-0.1, -0.05) is 12.1 Å². The van der Waals surface area contributed by atoms with Crippen LogP contribution in [0.15, 0.2) is 23.1 Å². The molecule has 75 valence electrons. The molecule has 0 atom stereocenters. The van der Waals surface area contributed by atoms with Gasteiger partial charge in [0.25, 0.3) is 0 Å². The normalized spacial score (nSPS) is 15.6. The quantitative estimate of drug-likeness (QED) is 0.647. The first-order valence-corrected chi connectivity index (χ1v) is 5.06. The minimum atomic E-state index is -4.18. The molecular weight excluding hydrogens is 209 g/mol. The van der Waals surface area contributed by atoms with Gasteiger partial charge in [-0.05, 0) is 48.2 Å². The number of fused-ring (bicyclic) bond motifs is 1. The summed E-state index contributed by atoms with van der Waals surface area (Å²) in [4.78, 5) is 0.351. The second kappa shape index (κ2) is 3.50. The molecule has 0 amide bonds. The molecule has 0 N–H and O–H groups in total. The molecule has 1 radical (unpaired) electrons. The number of benzene rings is 1. The number of rotatable bonds is 1. The lowest BCUT2D eigenvalue weighted by Gasteiger charge is -2.09. The zero-order valence-electron chi connectivity index (χ0n) is 7.27. The first-order chi connectivity index (χ1) is 6.56. The molecule has 0 nitrogen and oxygen atoms in total. The lowest BCUT2D eigenvalue weighted by atomic mass is 10.1. The Morgan fingerprint density at radius 2 is 1.93 bits per heavy atom. The van der Waals surface area contributed by atoms with E-state index in [0.717, 1.165) is 17.5 Å². The summed E-state index contributed by atoms with van der Waals surface area (Å²) in [6.07, 6.45) is 3.46. The fraction of sp³-hybridized carbons (Fsp3) is 0.300. The van der Waals surface area contributed by atoms with Crippen LogP contribution in [0.4, 0.5) is 13.2 Å². The summed E-state index contributed by atoms with van der Waals surface area (Å²) >= 11 is -0.0139. The van der Waals surface area contributed by atoms with Gasteiger partial charge in [0.05, 0.1) is 0 Å². The molecule has 1 aromatic rings. The van der Waals surface area contributed by atoms with Crippen LogP contribution in [0, 0.1) is 6.42 Å². The van der Waals surface area contributed by atoms with Gasteiger partial charge in [-0.3, -0.25) is 0 Å². The van der Waals surface area contributed by atoms with Crippen molar-refractivity contribution in [3.8, 4) is 0 Å². The minimum absolute atomic E-state index is 0.0139. The van der Waals surface area contributed by atoms with Crippen LogP contribution in [0.25, 0.3) is 0 Å². The number of halogens is 3. The highest BCUT2D eigenvalue weighted by Gasteiger charge is 2.31. The summed E-state index contributed by atoms with van der Waals surface area (Å²) in [7, 11) is 0. The Labute approximate surface area is 84.5 Å². The van der Waals surface area contributed by atoms with E-state index >= 15 is 0 Å². The summed E-state index contributed by atoms with van der Waals surface area (Å²) in [5.74, 6) is 0. The molecule has 0 aromatic heterocycles. The Morgan fingerprint density at radius 1 is 1.14 bits per heavy atom. The van der Waals surface area contributed by atoms with Crippen molar-refractivity contribution in [2.24, 2.45) is 0 Å². The summed E-state index contributed by atoms with van der Waals surface area (Å²) in [5, 5.41) is 0. The van der Waals surface area contributed by atoms with Crippen LogP contribution in [0.5, 0.6) is 0 Å². The summed E-state index contributed by atoms with van der Waals surface area (Å²) < 4.78 is 36.5. The highest BCUT2D eigenvalue weighted by molar-refractivity contribution is 8.00. The first kappa shape index (κ1) is 9.90. The van der Waals surface area contributed by atoms with Crippen LogP contribution < -0.4 is 0 Å². The largest absolute Gasteiger partial charge is 0.446 e. The van der Waals surface area contributed by atoms with Crippen molar-refractivity contribution >= 4 is 11.8 Å². The van der Waals surface area contributed by atoms with Crippen LogP contribution >= 0.6 is 11.8 Å². The number of thioether (sulfide) groups is 1. The smallest absolute Gasteiger partial charge is 0.160 e. The highest BCUT2D eigenvalue weighted by atomic mass is 32.2. The van der Waals surface area contributed by atoms with Gasteiger partial charge in [-0.2, -0.15) is 13.2 Å². The van der Waals surface area contributed by atoms with E-state index in [4.69, 9.17) is 0 Å². The minimum Gasteiger partial charge on any atom is -0.160 e. The van der Waals surface area contributed by atoms with Crippen LogP contribution in [-0.4, -0.2) is 5.51 Å². The van der Waals surface area contributed by atoms with E-state index < -0.39 is 5.51 Å². The Kier molecular flexibility index (Phi) is 2.47. The van der Waals surface area contributed by atoms with Crippen molar-refractivity contribution in [3.63, 3.8) is 0 Å². The summed E-state index contributed by atoms with van der Waals surface area (Å²) in [6, 6.07) is 5.11. The van der Waals surface area contributed by atoms with Gasteiger partial charge >= 0.3 is 5.51 Å². The summed E-state index contributed by atoms with van der Waals surface area (Å²) in [6.45, 7) is 0. The fourth-order valence-electron chi connectivity index (χ4n) is 1.63. The van der Waals surface area contributed by atoms with E-state index in [-0.39, 0.29) is 11.8 Å². The average molecular weight is 217 g/mol. The van der Waals surface area contributed by atoms with E-state index in [1.54, 1.807) is 6.07 Å². The van der Waals surface area contributed by atoms with Crippen molar-refractivity contribution in [3.05, 3.63) is 35.7 Å². The fourth-order valence-corrected chi connectivity index (χ4v) is 2.36. The third-order valence-corrected chi connectivity index (χ3v) is 3.00. The van der Waals surface area contributed by atoms with Gasteiger partial charge in [0.1, 0.15) is 0 Å². The Morgan fingerprint density at radius 3 is 2.64 bits per heavy atom. The van der Waals surface area contributed by atoms with Crippen LogP contribution in [-0.2, 0) is 12.8 Å². The molecule has 1 aliphatic rings. The molecule has 2 rings (SSSR count). The van der Waals surface area contributed by atoms with E-state index in [1.807, 2.05) is 12.5 Å². The number of hydrogen-bond acceptors (Lipinski definition) is 1. The zero-order chi connectivity index (χ0) is 10.2. The molecule has 0 spiro atoms. The second-order valence-electron chi connectivity index (χ2n) is 3.14. The molecular formula is C10H8F3S. The van der Waals surface area contributed by atoms with Crippen molar-refractivity contribution in [2.75, 3.05) is 0 Å². The second-order valence-corrected chi connectivity index (χ2v) is 4.25. The Balaban J connectivity index is 2.31. The molecule has 0 fully saturated rings. The summed E-state index contributed by atoms with van der Waals surface area (Å²) in [5.41, 5.74) is -2.31. The Hall–Kier alpha value is -0.640. The lowest BCUT2D eigenvalue weighted by molar-refractivity contribution is -0.0328. The highest BCUT2D eigenvalue weighted by Crippen LogP contribution is 2.41. The molecule has 0 unspecified atom stereocenters. The van der Waals surface area contributed by atoms with Crippen molar-refractivity contribution in [1.82, 2.24) is 0 Å². The molecule has 0 bridgehead atoms. The predicted molar refractivity (Wildman–Crippen MR) is 50.1 cm³/mol. The molecule has 0 saturated carbocycles. The van der Waals surface area contributed by atoms with Crippen LogP contribution in [0.1, 0.15) is 11.1 Å². The van der Waals surface area contributed by atoms with Gasteiger partial charge in [0.2, 0.25) is 0 Å². The maximum absolute atomic E-state index is 12.2. The lowest BCUT2D eigenvalue weighted by Crippen LogP contribution is -2.00. The average Bonchev–Trinajstić information content (AvgIpc) is 2.49. The third-order valence-electron chi connectivity index (χ3n) is 2.17. The standard InChI is InChI=1S/C10H8F3S/c11-10(12,13)14-9-6-2-4-7-3-1-5-8(7)9/h1-2,4,6H,3,5H2. The van der Waals surface area contributed by atoms with E-state index in [1.165, 1.54) is 6.07 Å². The van der Waals surface area contributed by atoms with Gasteiger partial charge in [0, 0.05) is 4.90 Å². The van der Waals surface area contributed by atoms with E-state index in [0.29, 0.717) is 11.3 Å². The Bertz CT molecular complexity index is 344. The van der Waals surface area contributed by atoms with E-state index in [9.17, 15) is 13.2 Å². The number of alkyl halides is 3. The maximum Gasteiger partial charge on any atom is 0.446 e. The third kappa shape index (κ3) is 2.05. The van der Waals surface area contributed by atoms with Crippen molar-refractivity contribution in [1.29, 1.82) is 0 Å². The van der Waals surface area contributed by atoms with Gasteiger partial charge in [0.15, 0.2) is 0 Å². The number of hydrogen-bond donors (Lipinski definition) is 0. The molecule has 14 heavy (non-hydrogen) atoms. The van der Waals surface area contributed by atoms with Gasteiger partial charge in [-0.15, -0.1) is 0 Å². The van der Waals surface area contributed by atoms with Crippen molar-refractivity contribution < 1.29 is 13.2 Å². The molecule has 1 aliphatic carbocycles. The van der Waals surface area contributed by atoms with Crippen LogP contribution in [0.3, 0.4) is 0 Å². The van der Waals surface area contributed by atoms with E-state index in [2.05, 4.69) is 0 Å². The maximum atomic E-state index is 12.2. The molecule has 4 heteroatoms. The topological polar surface area (TPSA) is 0 Å². The molecule has 0 saturated heterocycles. The monoisotopic (exact) mass is 217 g/mol. The van der Waals surface area contributed by atoms with Gasteiger partial charge < -0.3 is 0 Å². The zero-order valence-corrected chi connectivity index (χ0v) is 8.08. The molecule has 0 heterocycles. The predicted octanol–water partition coefficient (Wildman–Crippen LogP) is 3.60. The molecule has 1 aromatic carbocycles. The van der Waals surface area contributed by atoms with Crippen molar-refractivity contribution in [2.45, 2.75) is 23.2 Å². The molecule has 0 aliphatic heterocycles. The van der Waals surface area contributed by atoms with Crippen LogP contribution in [0.2, 0.25) is 0 Å². The van der Waals surface area contributed by atoms with Gasteiger partial charge in [-0.25, -0.2) is 0 Å². The SMILES string of the molecule is FC(F)(F)Sc1cccc2c1C[CH]C2. The first-order valence-electron chi connectivity index (χ1n) is 4.24.